The van der Waals surface area contributed by atoms with E-state index < -0.39 is 0 Å². The van der Waals surface area contributed by atoms with Crippen LogP contribution >= 0.6 is 0 Å². The highest BCUT2D eigenvalue weighted by molar-refractivity contribution is 5.53. The van der Waals surface area contributed by atoms with Crippen LogP contribution in [0.15, 0.2) is 67.0 Å². The second-order valence-corrected chi connectivity index (χ2v) is 6.59. The zero-order chi connectivity index (χ0) is 18.3. The molecule has 1 N–H and O–H groups in total. The van der Waals surface area contributed by atoms with Gasteiger partial charge in [0.25, 0.3) is 0 Å². The SMILES string of the molecule is c1ccc(COC[C@H]2CCCN2c2ncnc(Nc3ccccc3)n2)cc1. The van der Waals surface area contributed by atoms with Crippen molar-refractivity contribution in [1.29, 1.82) is 0 Å². The average Bonchev–Trinajstić information content (AvgIpc) is 3.18. The van der Waals surface area contributed by atoms with Gasteiger partial charge in [0.2, 0.25) is 11.9 Å². The topological polar surface area (TPSA) is 63.2 Å². The molecule has 6 heteroatoms. The first-order valence-corrected chi connectivity index (χ1v) is 9.28. The van der Waals surface area contributed by atoms with Gasteiger partial charge in [-0.1, -0.05) is 48.5 Å². The molecule has 0 bridgehead atoms. The molecule has 4 rings (SSSR count). The third kappa shape index (κ3) is 4.60. The lowest BCUT2D eigenvalue weighted by atomic mass is 10.2. The molecule has 0 saturated carbocycles. The Kier molecular flexibility index (Phi) is 5.55. The Morgan fingerprint density at radius 2 is 1.78 bits per heavy atom. The summed E-state index contributed by atoms with van der Waals surface area (Å²) in [7, 11) is 0. The quantitative estimate of drug-likeness (QED) is 0.691. The number of nitrogens with zero attached hydrogens (tertiary/aromatic N) is 4. The van der Waals surface area contributed by atoms with Crippen molar-refractivity contribution in [2.45, 2.75) is 25.5 Å². The van der Waals surface area contributed by atoms with Crippen LogP contribution in [0.3, 0.4) is 0 Å². The van der Waals surface area contributed by atoms with Gasteiger partial charge in [0, 0.05) is 12.2 Å². The second kappa shape index (κ2) is 8.60. The van der Waals surface area contributed by atoms with Gasteiger partial charge in [-0.05, 0) is 30.5 Å². The van der Waals surface area contributed by atoms with Crippen molar-refractivity contribution in [3.63, 3.8) is 0 Å². The molecule has 1 aliphatic rings. The van der Waals surface area contributed by atoms with Crippen LogP contribution in [-0.2, 0) is 11.3 Å². The zero-order valence-electron chi connectivity index (χ0n) is 15.2. The van der Waals surface area contributed by atoms with Gasteiger partial charge in [-0.2, -0.15) is 4.98 Å². The zero-order valence-corrected chi connectivity index (χ0v) is 15.2. The standard InChI is InChI=1S/C21H23N5O/c1-3-8-17(9-4-1)14-27-15-19-12-7-13-26(19)21-23-16-22-20(25-21)24-18-10-5-2-6-11-18/h1-6,8-11,16,19H,7,12-15H2,(H,22,23,24,25)/t19-/m1/s1. The molecule has 1 aliphatic heterocycles. The fourth-order valence-electron chi connectivity index (χ4n) is 3.30. The van der Waals surface area contributed by atoms with E-state index in [1.165, 1.54) is 5.56 Å². The third-order valence-corrected chi connectivity index (χ3v) is 4.64. The highest BCUT2D eigenvalue weighted by Crippen LogP contribution is 2.23. The molecule has 1 atom stereocenters. The number of aromatic nitrogens is 3. The van der Waals surface area contributed by atoms with E-state index in [0.717, 1.165) is 25.1 Å². The molecule has 138 valence electrons. The van der Waals surface area contributed by atoms with Crippen molar-refractivity contribution in [3.8, 4) is 0 Å². The number of rotatable bonds is 7. The van der Waals surface area contributed by atoms with E-state index in [0.29, 0.717) is 31.2 Å². The van der Waals surface area contributed by atoms with Crippen LogP contribution in [0.4, 0.5) is 17.6 Å². The molecule has 1 fully saturated rings. The minimum atomic E-state index is 0.292. The van der Waals surface area contributed by atoms with Gasteiger partial charge in [0.05, 0.1) is 19.3 Å². The van der Waals surface area contributed by atoms with Crippen molar-refractivity contribution in [2.24, 2.45) is 0 Å². The van der Waals surface area contributed by atoms with Crippen LogP contribution in [0.25, 0.3) is 0 Å². The first-order chi connectivity index (χ1) is 13.4. The van der Waals surface area contributed by atoms with Crippen LogP contribution in [0, 0.1) is 0 Å². The summed E-state index contributed by atoms with van der Waals surface area (Å²) in [5.74, 6) is 1.26. The summed E-state index contributed by atoms with van der Waals surface area (Å²) in [5, 5.41) is 3.23. The van der Waals surface area contributed by atoms with E-state index in [-0.39, 0.29) is 0 Å². The lowest BCUT2D eigenvalue weighted by Gasteiger charge is -2.24. The van der Waals surface area contributed by atoms with Gasteiger partial charge in [0.1, 0.15) is 6.33 Å². The Hall–Kier alpha value is -2.99. The van der Waals surface area contributed by atoms with E-state index in [2.05, 4.69) is 37.3 Å². The summed E-state index contributed by atoms with van der Waals surface area (Å²) < 4.78 is 5.95. The molecule has 2 heterocycles. The van der Waals surface area contributed by atoms with Gasteiger partial charge >= 0.3 is 0 Å². The summed E-state index contributed by atoms with van der Waals surface area (Å²) in [6.45, 7) is 2.24. The molecule has 0 aliphatic carbocycles. The molecule has 2 aromatic carbocycles. The monoisotopic (exact) mass is 361 g/mol. The van der Waals surface area contributed by atoms with Crippen molar-refractivity contribution >= 4 is 17.6 Å². The lowest BCUT2D eigenvalue weighted by molar-refractivity contribution is 0.108. The van der Waals surface area contributed by atoms with Gasteiger partial charge < -0.3 is 15.0 Å². The maximum Gasteiger partial charge on any atom is 0.231 e. The Labute approximate surface area is 159 Å². The average molecular weight is 361 g/mol. The maximum atomic E-state index is 5.95. The molecule has 0 amide bonds. The fourth-order valence-corrected chi connectivity index (χ4v) is 3.30. The first kappa shape index (κ1) is 17.4. The molecular weight excluding hydrogens is 338 g/mol. The molecule has 0 radical (unpaired) electrons. The van der Waals surface area contributed by atoms with Crippen LogP contribution in [0.2, 0.25) is 0 Å². The van der Waals surface area contributed by atoms with E-state index in [1.807, 2.05) is 48.5 Å². The predicted molar refractivity (Wildman–Crippen MR) is 106 cm³/mol. The number of anilines is 3. The highest BCUT2D eigenvalue weighted by Gasteiger charge is 2.27. The van der Waals surface area contributed by atoms with E-state index >= 15 is 0 Å². The minimum Gasteiger partial charge on any atom is -0.375 e. The van der Waals surface area contributed by atoms with Gasteiger partial charge in [0.15, 0.2) is 0 Å². The van der Waals surface area contributed by atoms with Crippen LogP contribution < -0.4 is 10.2 Å². The maximum absolute atomic E-state index is 5.95. The summed E-state index contributed by atoms with van der Waals surface area (Å²) >= 11 is 0. The largest absolute Gasteiger partial charge is 0.375 e. The van der Waals surface area contributed by atoms with Gasteiger partial charge in [-0.3, -0.25) is 0 Å². The van der Waals surface area contributed by atoms with Crippen molar-refractivity contribution in [2.75, 3.05) is 23.4 Å². The molecule has 0 spiro atoms. The van der Waals surface area contributed by atoms with Crippen LogP contribution in [0.1, 0.15) is 18.4 Å². The fraction of sp³-hybridized carbons (Fsp3) is 0.286. The van der Waals surface area contributed by atoms with Crippen molar-refractivity contribution < 1.29 is 4.74 Å². The van der Waals surface area contributed by atoms with Crippen molar-refractivity contribution in [1.82, 2.24) is 15.0 Å². The number of hydrogen-bond donors (Lipinski definition) is 1. The van der Waals surface area contributed by atoms with E-state index in [9.17, 15) is 0 Å². The molecule has 3 aromatic rings. The summed E-state index contributed by atoms with van der Waals surface area (Å²) in [4.78, 5) is 15.5. The molecule has 1 aromatic heterocycles. The van der Waals surface area contributed by atoms with Gasteiger partial charge in [-0.25, -0.2) is 9.97 Å². The van der Waals surface area contributed by atoms with Crippen molar-refractivity contribution in [3.05, 3.63) is 72.6 Å². The molecule has 0 unspecified atom stereocenters. The minimum absolute atomic E-state index is 0.292. The first-order valence-electron chi connectivity index (χ1n) is 9.28. The Morgan fingerprint density at radius 1 is 1.00 bits per heavy atom. The summed E-state index contributed by atoms with van der Waals surface area (Å²) in [6.07, 6.45) is 3.77. The number of nitrogens with one attached hydrogen (secondary N) is 1. The molecule has 1 saturated heterocycles. The normalized spacial score (nSPS) is 16.4. The Bertz CT molecular complexity index is 843. The third-order valence-electron chi connectivity index (χ3n) is 4.64. The number of hydrogen-bond acceptors (Lipinski definition) is 6. The predicted octanol–water partition coefficient (Wildman–Crippen LogP) is 3.80. The van der Waals surface area contributed by atoms with E-state index in [1.54, 1.807) is 6.33 Å². The lowest BCUT2D eigenvalue weighted by Crippen LogP contribution is -2.34. The highest BCUT2D eigenvalue weighted by atomic mass is 16.5. The smallest absolute Gasteiger partial charge is 0.231 e. The van der Waals surface area contributed by atoms with Crippen LogP contribution in [-0.4, -0.2) is 34.1 Å². The summed E-state index contributed by atoms with van der Waals surface area (Å²) in [5.41, 5.74) is 2.15. The number of para-hydroxylation sites is 1. The molecule has 6 nitrogen and oxygen atoms in total. The number of ether oxygens (including phenoxy) is 1. The van der Waals surface area contributed by atoms with Gasteiger partial charge in [-0.15, -0.1) is 0 Å². The Morgan fingerprint density at radius 3 is 2.59 bits per heavy atom. The number of benzene rings is 2. The molecular formula is C21H23N5O. The van der Waals surface area contributed by atoms with E-state index in [4.69, 9.17) is 4.74 Å². The molecule has 27 heavy (non-hydrogen) atoms. The van der Waals surface area contributed by atoms with Crippen LogP contribution in [0.5, 0.6) is 0 Å². The Balaban J connectivity index is 1.38. The second-order valence-electron chi connectivity index (χ2n) is 6.59. The summed E-state index contributed by atoms with van der Waals surface area (Å²) in [6, 6.07) is 20.5.